The molecule has 1 N–H and O–H groups in total. The van der Waals surface area contributed by atoms with Gasteiger partial charge in [0.1, 0.15) is 0 Å². The molecule has 0 bridgehead atoms. The highest BCUT2D eigenvalue weighted by Gasteiger charge is 2.44. The van der Waals surface area contributed by atoms with Gasteiger partial charge in [0.15, 0.2) is 0 Å². The molecule has 0 aromatic rings. The molecular formula is C17H32N2O. The second-order valence-corrected chi connectivity index (χ2v) is 7.48. The zero-order valence-electron chi connectivity index (χ0n) is 13.9. The van der Waals surface area contributed by atoms with E-state index in [4.69, 9.17) is 0 Å². The topological polar surface area (TPSA) is 32.3 Å². The fraction of sp³-hybridized carbons (Fsp3) is 0.941. The van der Waals surface area contributed by atoms with E-state index in [9.17, 15) is 4.79 Å². The van der Waals surface area contributed by atoms with Gasteiger partial charge in [0.25, 0.3) is 0 Å². The highest BCUT2D eigenvalue weighted by Crippen LogP contribution is 2.35. The predicted molar refractivity (Wildman–Crippen MR) is 83.3 cm³/mol. The second kappa shape index (κ2) is 6.46. The third kappa shape index (κ3) is 3.19. The first kappa shape index (κ1) is 15.8. The van der Waals surface area contributed by atoms with Gasteiger partial charge < -0.3 is 4.90 Å². The molecular weight excluding hydrogens is 248 g/mol. The van der Waals surface area contributed by atoms with E-state index in [0.29, 0.717) is 23.8 Å². The molecule has 3 heteroatoms. The van der Waals surface area contributed by atoms with Gasteiger partial charge in [-0.25, -0.2) is 0 Å². The Morgan fingerprint density at radius 3 is 2.55 bits per heavy atom. The number of nitrogens with one attached hydrogen (secondary N) is 1. The number of hydrogen-bond acceptors (Lipinski definition) is 2. The van der Waals surface area contributed by atoms with Gasteiger partial charge in [-0.3, -0.25) is 10.1 Å². The van der Waals surface area contributed by atoms with Gasteiger partial charge in [0.2, 0.25) is 5.91 Å². The Labute approximate surface area is 124 Å². The van der Waals surface area contributed by atoms with Crippen LogP contribution in [0.2, 0.25) is 0 Å². The van der Waals surface area contributed by atoms with Crippen molar-refractivity contribution in [2.45, 2.75) is 85.0 Å². The molecule has 2 rings (SSSR count). The molecule has 5 atom stereocenters. The maximum atomic E-state index is 12.7. The summed E-state index contributed by atoms with van der Waals surface area (Å²) < 4.78 is 0. The van der Waals surface area contributed by atoms with E-state index < -0.39 is 0 Å². The van der Waals surface area contributed by atoms with Gasteiger partial charge in [-0.05, 0) is 49.9 Å². The van der Waals surface area contributed by atoms with Gasteiger partial charge >= 0.3 is 0 Å². The minimum absolute atomic E-state index is 0.0466. The number of carbonyl (C=O) groups is 1. The zero-order valence-corrected chi connectivity index (χ0v) is 13.9. The highest BCUT2D eigenvalue weighted by molar-refractivity contribution is 5.84. The summed E-state index contributed by atoms with van der Waals surface area (Å²) in [5.74, 6) is 2.42. The van der Waals surface area contributed by atoms with Crippen LogP contribution in [-0.2, 0) is 4.79 Å². The lowest BCUT2D eigenvalue weighted by Gasteiger charge is -2.41. The fourth-order valence-corrected chi connectivity index (χ4v) is 4.10. The van der Waals surface area contributed by atoms with Crippen LogP contribution < -0.4 is 5.32 Å². The lowest BCUT2D eigenvalue weighted by molar-refractivity contribution is -0.134. The van der Waals surface area contributed by atoms with Crippen molar-refractivity contribution in [3.63, 3.8) is 0 Å². The van der Waals surface area contributed by atoms with Crippen LogP contribution in [0.25, 0.3) is 0 Å². The predicted octanol–water partition coefficient (Wildman–Crippen LogP) is 3.39. The smallest absolute Gasteiger partial charge is 0.241 e. The van der Waals surface area contributed by atoms with Crippen LogP contribution >= 0.6 is 0 Å². The lowest BCUT2D eigenvalue weighted by atomic mass is 9.79. The Kier molecular flexibility index (Phi) is 5.11. The van der Waals surface area contributed by atoms with Crippen molar-refractivity contribution in [2.75, 3.05) is 0 Å². The molecule has 3 nitrogen and oxygen atoms in total. The van der Waals surface area contributed by atoms with Crippen LogP contribution in [0, 0.1) is 17.8 Å². The molecule has 1 aliphatic carbocycles. The maximum absolute atomic E-state index is 12.7. The highest BCUT2D eigenvalue weighted by atomic mass is 16.2. The van der Waals surface area contributed by atoms with Gasteiger partial charge in [-0.2, -0.15) is 0 Å². The Balaban J connectivity index is 2.14. The van der Waals surface area contributed by atoms with Crippen molar-refractivity contribution >= 4 is 5.91 Å². The third-order valence-corrected chi connectivity index (χ3v) is 5.13. The molecule has 20 heavy (non-hydrogen) atoms. The van der Waals surface area contributed by atoms with Gasteiger partial charge in [0, 0.05) is 6.04 Å². The molecule has 2 aliphatic rings. The normalized spacial score (nSPS) is 38.8. The van der Waals surface area contributed by atoms with Gasteiger partial charge in [-0.1, -0.05) is 34.6 Å². The molecule has 0 spiro atoms. The third-order valence-electron chi connectivity index (χ3n) is 5.13. The zero-order chi connectivity index (χ0) is 14.9. The van der Waals surface area contributed by atoms with Crippen LogP contribution in [0.3, 0.4) is 0 Å². The Hall–Kier alpha value is -0.570. The van der Waals surface area contributed by atoms with E-state index >= 15 is 0 Å². The van der Waals surface area contributed by atoms with Crippen molar-refractivity contribution in [3.8, 4) is 0 Å². The van der Waals surface area contributed by atoms with E-state index in [1.165, 1.54) is 19.3 Å². The minimum Gasteiger partial charge on any atom is -0.323 e. The fourth-order valence-electron chi connectivity index (χ4n) is 4.10. The molecule has 1 amide bonds. The van der Waals surface area contributed by atoms with E-state index in [1.807, 2.05) is 0 Å². The Bertz CT molecular complexity index is 342. The molecule has 1 saturated carbocycles. The lowest BCUT2D eigenvalue weighted by Crippen LogP contribution is -2.49. The summed E-state index contributed by atoms with van der Waals surface area (Å²) in [6.45, 7) is 11.3. The minimum atomic E-state index is 0.0466. The summed E-state index contributed by atoms with van der Waals surface area (Å²) >= 11 is 0. The quantitative estimate of drug-likeness (QED) is 0.856. The number of hydrogen-bond donors (Lipinski definition) is 1. The monoisotopic (exact) mass is 280 g/mol. The van der Waals surface area contributed by atoms with Gasteiger partial charge in [-0.15, -0.1) is 0 Å². The molecule has 116 valence electrons. The van der Waals surface area contributed by atoms with Gasteiger partial charge in [0.05, 0.1) is 12.2 Å². The number of rotatable bonds is 4. The van der Waals surface area contributed by atoms with Crippen LogP contribution in [-0.4, -0.2) is 29.1 Å². The number of carbonyl (C=O) groups excluding carboxylic acids is 1. The summed E-state index contributed by atoms with van der Waals surface area (Å²) in [4.78, 5) is 14.9. The number of amides is 1. The van der Waals surface area contributed by atoms with Crippen LogP contribution in [0.5, 0.6) is 0 Å². The molecule has 1 aliphatic heterocycles. The Morgan fingerprint density at radius 2 is 2.00 bits per heavy atom. The summed E-state index contributed by atoms with van der Waals surface area (Å²) in [5.41, 5.74) is 0. The molecule has 1 saturated heterocycles. The second-order valence-electron chi connectivity index (χ2n) is 7.48. The van der Waals surface area contributed by atoms with Crippen LogP contribution in [0.15, 0.2) is 0 Å². The standard InChI is InChI=1S/C17H32N2O/c1-6-14-17(20)19(16(18-14)9-11(2)3)15-8-7-12(4)10-13(15)5/h11-16,18H,6-10H2,1-5H3. The van der Waals surface area contributed by atoms with E-state index in [0.717, 1.165) is 18.8 Å². The maximum Gasteiger partial charge on any atom is 0.241 e. The first-order chi connectivity index (χ1) is 9.43. The number of nitrogens with zero attached hydrogens (tertiary/aromatic N) is 1. The van der Waals surface area contributed by atoms with E-state index in [-0.39, 0.29) is 12.2 Å². The van der Waals surface area contributed by atoms with Crippen molar-refractivity contribution in [2.24, 2.45) is 17.8 Å². The Morgan fingerprint density at radius 1 is 1.30 bits per heavy atom. The summed E-state index contributed by atoms with van der Waals surface area (Å²) in [6.07, 6.45) is 5.95. The van der Waals surface area contributed by atoms with Crippen molar-refractivity contribution in [1.82, 2.24) is 10.2 Å². The first-order valence-electron chi connectivity index (χ1n) is 8.52. The molecule has 1 heterocycles. The van der Waals surface area contributed by atoms with E-state index in [1.54, 1.807) is 0 Å². The summed E-state index contributed by atoms with van der Waals surface area (Å²) in [7, 11) is 0. The van der Waals surface area contributed by atoms with Crippen molar-refractivity contribution < 1.29 is 4.79 Å². The average Bonchev–Trinajstić information content (AvgIpc) is 2.66. The molecule has 5 unspecified atom stereocenters. The summed E-state index contributed by atoms with van der Waals surface area (Å²) in [6, 6.07) is 0.497. The van der Waals surface area contributed by atoms with Crippen molar-refractivity contribution in [3.05, 3.63) is 0 Å². The van der Waals surface area contributed by atoms with Crippen molar-refractivity contribution in [1.29, 1.82) is 0 Å². The van der Waals surface area contributed by atoms with E-state index in [2.05, 4.69) is 44.8 Å². The molecule has 0 radical (unpaired) electrons. The molecule has 2 fully saturated rings. The largest absolute Gasteiger partial charge is 0.323 e. The molecule has 0 aromatic heterocycles. The first-order valence-corrected chi connectivity index (χ1v) is 8.52. The van der Waals surface area contributed by atoms with Crippen LogP contribution in [0.4, 0.5) is 0 Å². The molecule has 0 aromatic carbocycles. The summed E-state index contributed by atoms with van der Waals surface area (Å²) in [5, 5.41) is 3.58. The average molecular weight is 280 g/mol. The SMILES string of the molecule is CCC1NC(CC(C)C)N(C2CCC(C)CC2C)C1=O. The van der Waals surface area contributed by atoms with Crippen LogP contribution in [0.1, 0.15) is 66.7 Å².